The van der Waals surface area contributed by atoms with Crippen LogP contribution < -0.4 is 4.74 Å². The van der Waals surface area contributed by atoms with Gasteiger partial charge in [0.15, 0.2) is 0 Å². The fraction of sp³-hybridized carbons (Fsp3) is 0.478. The third-order valence-electron chi connectivity index (χ3n) is 6.19. The van der Waals surface area contributed by atoms with Crippen molar-refractivity contribution < 1.29 is 14.3 Å². The molecule has 0 aliphatic carbocycles. The van der Waals surface area contributed by atoms with Crippen LogP contribution in [0.4, 0.5) is 0 Å². The number of carbonyl (C=O) groups is 1. The SMILES string of the molecule is COc1cccc(CN2C[C@@H]3COC[C@]3(CC(=O)N(C)Cc3ccccn3)C2)c1. The molecule has 1 aromatic heterocycles. The molecule has 6 heteroatoms. The number of nitrogens with zero attached hydrogens (tertiary/aromatic N) is 3. The van der Waals surface area contributed by atoms with Crippen molar-refractivity contribution in [1.82, 2.24) is 14.8 Å². The first kappa shape index (κ1) is 19.9. The maximum absolute atomic E-state index is 13.0. The van der Waals surface area contributed by atoms with E-state index in [9.17, 15) is 4.79 Å². The summed E-state index contributed by atoms with van der Waals surface area (Å²) in [6.45, 7) is 4.66. The summed E-state index contributed by atoms with van der Waals surface area (Å²) in [5.74, 6) is 1.45. The number of likely N-dealkylation sites (tertiary alicyclic amines) is 1. The quantitative estimate of drug-likeness (QED) is 0.721. The van der Waals surface area contributed by atoms with E-state index in [2.05, 4.69) is 22.0 Å². The summed E-state index contributed by atoms with van der Waals surface area (Å²) in [5, 5.41) is 0. The Labute approximate surface area is 172 Å². The number of methoxy groups -OCH3 is 1. The van der Waals surface area contributed by atoms with Gasteiger partial charge in [-0.15, -0.1) is 0 Å². The van der Waals surface area contributed by atoms with Crippen molar-refractivity contribution in [2.75, 3.05) is 40.5 Å². The smallest absolute Gasteiger partial charge is 0.223 e. The van der Waals surface area contributed by atoms with Crippen molar-refractivity contribution in [3.63, 3.8) is 0 Å². The molecule has 2 saturated heterocycles. The molecule has 0 bridgehead atoms. The first-order valence-electron chi connectivity index (χ1n) is 10.1. The number of amides is 1. The maximum Gasteiger partial charge on any atom is 0.223 e. The van der Waals surface area contributed by atoms with Gasteiger partial charge in [-0.25, -0.2) is 0 Å². The van der Waals surface area contributed by atoms with E-state index in [4.69, 9.17) is 9.47 Å². The number of hydrogen-bond donors (Lipinski definition) is 0. The highest BCUT2D eigenvalue weighted by Crippen LogP contribution is 2.44. The van der Waals surface area contributed by atoms with Crippen LogP contribution in [0.25, 0.3) is 0 Å². The zero-order valence-corrected chi connectivity index (χ0v) is 17.2. The van der Waals surface area contributed by atoms with Gasteiger partial charge in [-0.05, 0) is 29.8 Å². The van der Waals surface area contributed by atoms with E-state index < -0.39 is 0 Å². The largest absolute Gasteiger partial charge is 0.497 e. The number of fused-ring (bicyclic) bond motifs is 1. The minimum Gasteiger partial charge on any atom is -0.497 e. The van der Waals surface area contributed by atoms with E-state index in [1.54, 1.807) is 18.2 Å². The van der Waals surface area contributed by atoms with Gasteiger partial charge in [0.2, 0.25) is 5.91 Å². The number of aromatic nitrogens is 1. The number of hydrogen-bond acceptors (Lipinski definition) is 5. The molecule has 6 nitrogen and oxygen atoms in total. The average Bonchev–Trinajstić information content (AvgIpc) is 3.25. The number of benzene rings is 1. The molecule has 154 valence electrons. The third-order valence-corrected chi connectivity index (χ3v) is 6.19. The van der Waals surface area contributed by atoms with E-state index >= 15 is 0 Å². The highest BCUT2D eigenvalue weighted by atomic mass is 16.5. The Bertz CT molecular complexity index is 844. The molecular formula is C23H29N3O3. The predicted octanol–water partition coefficient (Wildman–Crippen LogP) is 2.59. The average molecular weight is 396 g/mol. The second-order valence-electron chi connectivity index (χ2n) is 8.34. The molecular weight excluding hydrogens is 366 g/mol. The van der Waals surface area contributed by atoms with Crippen LogP contribution in [-0.2, 0) is 22.6 Å². The van der Waals surface area contributed by atoms with E-state index in [-0.39, 0.29) is 11.3 Å². The standard InChI is InChI=1S/C23H29N3O3/c1-25(14-20-7-3-4-9-24-20)22(27)11-23-16-26(13-19(23)15-29-17-23)12-18-6-5-8-21(10-18)28-2/h3-10,19H,11-17H2,1-2H3/t19-,23+/m1/s1. The van der Waals surface area contributed by atoms with Crippen molar-refractivity contribution in [3.05, 3.63) is 59.9 Å². The van der Waals surface area contributed by atoms with Crippen LogP contribution in [0, 0.1) is 11.3 Å². The third kappa shape index (κ3) is 4.43. The molecule has 0 N–H and O–H groups in total. The van der Waals surface area contributed by atoms with Gasteiger partial charge < -0.3 is 14.4 Å². The van der Waals surface area contributed by atoms with Crippen LogP contribution in [0.5, 0.6) is 5.75 Å². The predicted molar refractivity (Wildman–Crippen MR) is 110 cm³/mol. The van der Waals surface area contributed by atoms with Gasteiger partial charge in [-0.2, -0.15) is 0 Å². The van der Waals surface area contributed by atoms with Gasteiger partial charge >= 0.3 is 0 Å². The minimum atomic E-state index is -0.0890. The van der Waals surface area contributed by atoms with Crippen molar-refractivity contribution in [2.45, 2.75) is 19.5 Å². The number of pyridine rings is 1. The lowest BCUT2D eigenvalue weighted by Gasteiger charge is -2.29. The van der Waals surface area contributed by atoms with E-state index in [0.717, 1.165) is 37.7 Å². The van der Waals surface area contributed by atoms with Crippen molar-refractivity contribution in [3.8, 4) is 5.75 Å². The summed E-state index contributed by atoms with van der Waals surface area (Å²) in [6.07, 6.45) is 2.29. The van der Waals surface area contributed by atoms with Gasteiger partial charge in [0.25, 0.3) is 0 Å². The first-order valence-corrected chi connectivity index (χ1v) is 10.1. The van der Waals surface area contributed by atoms with Crippen LogP contribution in [0.1, 0.15) is 17.7 Å². The summed E-state index contributed by atoms with van der Waals surface area (Å²) in [7, 11) is 3.56. The Kier molecular flexibility index (Phi) is 5.83. The first-order chi connectivity index (χ1) is 14.1. The number of rotatable bonds is 7. The van der Waals surface area contributed by atoms with Gasteiger partial charge in [-0.1, -0.05) is 18.2 Å². The molecule has 2 aliphatic heterocycles. The Morgan fingerprint density at radius 3 is 3.03 bits per heavy atom. The lowest BCUT2D eigenvalue weighted by molar-refractivity contribution is -0.133. The lowest BCUT2D eigenvalue weighted by atomic mass is 9.78. The van der Waals surface area contributed by atoms with Crippen molar-refractivity contribution in [2.24, 2.45) is 11.3 Å². The maximum atomic E-state index is 13.0. The van der Waals surface area contributed by atoms with Crippen LogP contribution >= 0.6 is 0 Å². The van der Waals surface area contributed by atoms with Gasteiger partial charge in [0, 0.05) is 50.6 Å². The fourth-order valence-corrected chi connectivity index (χ4v) is 4.60. The van der Waals surface area contributed by atoms with Crippen LogP contribution in [0.2, 0.25) is 0 Å². The molecule has 4 rings (SSSR count). The van der Waals surface area contributed by atoms with E-state index in [0.29, 0.717) is 25.5 Å². The number of carbonyl (C=O) groups excluding carboxylic acids is 1. The Hall–Kier alpha value is -2.44. The summed E-state index contributed by atoms with van der Waals surface area (Å²) in [6, 6.07) is 14.0. The zero-order chi connectivity index (χ0) is 20.3. The second-order valence-corrected chi connectivity index (χ2v) is 8.34. The molecule has 2 aromatic rings. The van der Waals surface area contributed by atoms with Crippen LogP contribution in [0.3, 0.4) is 0 Å². The molecule has 3 heterocycles. The van der Waals surface area contributed by atoms with Crippen LogP contribution in [0.15, 0.2) is 48.7 Å². The summed E-state index contributed by atoms with van der Waals surface area (Å²) in [4.78, 5) is 21.6. The highest BCUT2D eigenvalue weighted by molar-refractivity contribution is 5.77. The van der Waals surface area contributed by atoms with Gasteiger partial charge in [0.05, 0.1) is 32.6 Å². The van der Waals surface area contributed by atoms with Crippen molar-refractivity contribution >= 4 is 5.91 Å². The normalized spacial score (nSPS) is 23.7. The zero-order valence-electron chi connectivity index (χ0n) is 17.2. The van der Waals surface area contributed by atoms with Gasteiger partial charge in [-0.3, -0.25) is 14.7 Å². The molecule has 1 aromatic carbocycles. The molecule has 0 spiro atoms. The minimum absolute atomic E-state index is 0.0890. The summed E-state index contributed by atoms with van der Waals surface area (Å²) >= 11 is 0. The summed E-state index contributed by atoms with van der Waals surface area (Å²) < 4.78 is 11.2. The molecule has 0 unspecified atom stereocenters. The van der Waals surface area contributed by atoms with E-state index in [1.165, 1.54) is 5.56 Å². The molecule has 1 amide bonds. The molecule has 0 saturated carbocycles. The molecule has 29 heavy (non-hydrogen) atoms. The molecule has 2 fully saturated rings. The number of ether oxygens (including phenoxy) is 2. The Morgan fingerprint density at radius 1 is 1.34 bits per heavy atom. The second kappa shape index (κ2) is 8.51. The monoisotopic (exact) mass is 395 g/mol. The van der Waals surface area contributed by atoms with Crippen molar-refractivity contribution in [1.29, 1.82) is 0 Å². The fourth-order valence-electron chi connectivity index (χ4n) is 4.60. The van der Waals surface area contributed by atoms with Gasteiger partial charge in [0.1, 0.15) is 5.75 Å². The Balaban J connectivity index is 1.40. The topological polar surface area (TPSA) is 54.9 Å². The molecule has 0 radical (unpaired) electrons. The summed E-state index contributed by atoms with van der Waals surface area (Å²) in [5.41, 5.74) is 2.05. The van der Waals surface area contributed by atoms with Crippen LogP contribution in [-0.4, -0.2) is 61.2 Å². The molecule has 2 aliphatic rings. The Morgan fingerprint density at radius 2 is 2.24 bits per heavy atom. The molecule has 2 atom stereocenters. The highest BCUT2D eigenvalue weighted by Gasteiger charge is 2.51. The lowest BCUT2D eigenvalue weighted by Crippen LogP contribution is -2.38. The van der Waals surface area contributed by atoms with E-state index in [1.807, 2.05) is 37.4 Å².